The van der Waals surface area contributed by atoms with Crippen molar-refractivity contribution < 1.29 is 4.48 Å². The van der Waals surface area contributed by atoms with Crippen LogP contribution in [0, 0.1) is 0 Å². The molecule has 2 aliphatic carbocycles. The van der Waals surface area contributed by atoms with Crippen LogP contribution in [0.4, 0.5) is 0 Å². The summed E-state index contributed by atoms with van der Waals surface area (Å²) < 4.78 is 1.08. The maximum atomic E-state index is 2.34. The second kappa shape index (κ2) is 3.71. The quantitative estimate of drug-likeness (QED) is 0.647. The molecule has 1 aromatic rings. The maximum absolute atomic E-state index is 2.34. The van der Waals surface area contributed by atoms with Crippen molar-refractivity contribution in [1.29, 1.82) is 0 Å². The number of quaternary nitrogens is 1. The van der Waals surface area contributed by atoms with Gasteiger partial charge in [-0.05, 0) is 35.1 Å². The molecule has 1 unspecified atom stereocenters. The van der Waals surface area contributed by atoms with Crippen LogP contribution in [0.1, 0.15) is 30.4 Å². The van der Waals surface area contributed by atoms with Crippen LogP contribution in [0.15, 0.2) is 29.8 Å². The maximum Gasteiger partial charge on any atom is 0.111 e. The third kappa shape index (κ3) is 1.73. The monoisotopic (exact) mass is 228 g/mol. The largest absolute Gasteiger partial charge is 0.325 e. The van der Waals surface area contributed by atoms with E-state index in [1.54, 1.807) is 22.3 Å². The fourth-order valence-corrected chi connectivity index (χ4v) is 3.57. The molecule has 1 heteroatoms. The topological polar surface area (TPSA) is 0 Å². The third-order valence-electron chi connectivity index (χ3n) is 4.35. The van der Waals surface area contributed by atoms with Gasteiger partial charge in [-0.15, -0.1) is 0 Å². The minimum Gasteiger partial charge on any atom is -0.325 e. The van der Waals surface area contributed by atoms with Gasteiger partial charge in [0, 0.05) is 12.8 Å². The highest BCUT2D eigenvalue weighted by atomic mass is 15.3. The molecule has 2 aliphatic rings. The minimum absolute atomic E-state index is 0.728. The zero-order valence-corrected chi connectivity index (χ0v) is 11.2. The van der Waals surface area contributed by atoms with Gasteiger partial charge in [-0.3, -0.25) is 0 Å². The van der Waals surface area contributed by atoms with E-state index in [9.17, 15) is 0 Å². The average Bonchev–Trinajstić information content (AvgIpc) is 2.65. The summed E-state index contributed by atoms with van der Waals surface area (Å²) in [5.74, 6) is 0. The zero-order valence-electron chi connectivity index (χ0n) is 11.2. The summed E-state index contributed by atoms with van der Waals surface area (Å²) in [6.07, 6.45) is 5.21. The van der Waals surface area contributed by atoms with E-state index in [4.69, 9.17) is 0 Å². The van der Waals surface area contributed by atoms with Crippen molar-refractivity contribution in [3.63, 3.8) is 0 Å². The van der Waals surface area contributed by atoms with Crippen LogP contribution in [0.25, 0.3) is 5.57 Å². The molecule has 0 saturated heterocycles. The standard InChI is InChI=1S/C16H22N/c1-17(2,3)16-10-6-9-14-13-8-5-4-7-12(13)11-15(14)16/h4-5,7-8,16H,6,9-11H2,1-3H3/q+1. The van der Waals surface area contributed by atoms with Crippen molar-refractivity contribution in [2.45, 2.75) is 31.7 Å². The van der Waals surface area contributed by atoms with Crippen LogP contribution in [0.5, 0.6) is 0 Å². The van der Waals surface area contributed by atoms with Gasteiger partial charge in [0.1, 0.15) is 6.04 Å². The average molecular weight is 228 g/mol. The number of likely N-dealkylation sites (N-methyl/N-ethyl adjacent to an activating group) is 1. The zero-order chi connectivity index (χ0) is 12.0. The molecule has 0 fully saturated rings. The van der Waals surface area contributed by atoms with Crippen LogP contribution in [-0.2, 0) is 6.42 Å². The van der Waals surface area contributed by atoms with Gasteiger partial charge < -0.3 is 4.48 Å². The van der Waals surface area contributed by atoms with E-state index in [1.807, 2.05) is 0 Å². The molecule has 1 atom stereocenters. The number of allylic oxidation sites excluding steroid dienone is 1. The molecule has 1 nitrogen and oxygen atoms in total. The van der Waals surface area contributed by atoms with Gasteiger partial charge >= 0.3 is 0 Å². The Labute approximate surface area is 104 Å². The van der Waals surface area contributed by atoms with Crippen molar-refractivity contribution in [2.24, 2.45) is 0 Å². The van der Waals surface area contributed by atoms with E-state index in [-0.39, 0.29) is 0 Å². The molecule has 17 heavy (non-hydrogen) atoms. The molecule has 0 spiro atoms. The second-order valence-electron chi connectivity index (χ2n) is 6.36. The number of benzene rings is 1. The normalized spacial score (nSPS) is 23.6. The summed E-state index contributed by atoms with van der Waals surface area (Å²) in [5.41, 5.74) is 6.49. The van der Waals surface area contributed by atoms with Gasteiger partial charge in [-0.1, -0.05) is 24.3 Å². The molecule has 3 rings (SSSR count). The first-order valence-electron chi connectivity index (χ1n) is 6.68. The highest BCUT2D eigenvalue weighted by Gasteiger charge is 2.36. The molecule has 1 aromatic carbocycles. The summed E-state index contributed by atoms with van der Waals surface area (Å²) in [6.45, 7) is 0. The molecule has 0 saturated carbocycles. The highest BCUT2D eigenvalue weighted by molar-refractivity contribution is 5.77. The molecule has 0 bridgehead atoms. The lowest BCUT2D eigenvalue weighted by Gasteiger charge is -2.38. The number of rotatable bonds is 1. The lowest BCUT2D eigenvalue weighted by atomic mass is 9.86. The number of fused-ring (bicyclic) bond motifs is 2. The van der Waals surface area contributed by atoms with Crippen molar-refractivity contribution in [1.82, 2.24) is 0 Å². The van der Waals surface area contributed by atoms with Crippen LogP contribution < -0.4 is 0 Å². The summed E-state index contributed by atoms with van der Waals surface area (Å²) in [6, 6.07) is 9.71. The molecular formula is C16H22N+. The van der Waals surface area contributed by atoms with Crippen molar-refractivity contribution in [3.05, 3.63) is 41.0 Å². The number of nitrogens with zero attached hydrogens (tertiary/aromatic N) is 1. The van der Waals surface area contributed by atoms with E-state index < -0.39 is 0 Å². The fourth-order valence-electron chi connectivity index (χ4n) is 3.57. The van der Waals surface area contributed by atoms with Gasteiger partial charge in [0.15, 0.2) is 0 Å². The van der Waals surface area contributed by atoms with E-state index in [0.29, 0.717) is 0 Å². The second-order valence-corrected chi connectivity index (χ2v) is 6.36. The fraction of sp³-hybridized carbons (Fsp3) is 0.500. The van der Waals surface area contributed by atoms with Gasteiger partial charge in [0.2, 0.25) is 0 Å². The molecule has 0 radical (unpaired) electrons. The molecule has 90 valence electrons. The van der Waals surface area contributed by atoms with E-state index in [0.717, 1.165) is 10.5 Å². The first kappa shape index (κ1) is 11.0. The molecular weight excluding hydrogens is 206 g/mol. The number of hydrogen-bond acceptors (Lipinski definition) is 0. The summed E-state index contributed by atoms with van der Waals surface area (Å²) in [5, 5.41) is 0. The van der Waals surface area contributed by atoms with Gasteiger partial charge in [0.25, 0.3) is 0 Å². The smallest absolute Gasteiger partial charge is 0.111 e. The Morgan fingerprint density at radius 1 is 1.12 bits per heavy atom. The first-order chi connectivity index (χ1) is 8.07. The van der Waals surface area contributed by atoms with Gasteiger partial charge in [-0.2, -0.15) is 0 Å². The van der Waals surface area contributed by atoms with Crippen molar-refractivity contribution in [2.75, 3.05) is 21.1 Å². The lowest BCUT2D eigenvalue weighted by Crippen LogP contribution is -2.47. The Kier molecular flexibility index (Phi) is 2.41. The van der Waals surface area contributed by atoms with Crippen LogP contribution in [0.3, 0.4) is 0 Å². The Morgan fingerprint density at radius 2 is 1.88 bits per heavy atom. The molecule has 0 aliphatic heterocycles. The predicted molar refractivity (Wildman–Crippen MR) is 72.7 cm³/mol. The van der Waals surface area contributed by atoms with Crippen molar-refractivity contribution >= 4 is 5.57 Å². The van der Waals surface area contributed by atoms with Crippen LogP contribution in [0.2, 0.25) is 0 Å². The van der Waals surface area contributed by atoms with E-state index in [1.165, 1.54) is 25.7 Å². The van der Waals surface area contributed by atoms with Crippen molar-refractivity contribution in [3.8, 4) is 0 Å². The van der Waals surface area contributed by atoms with E-state index in [2.05, 4.69) is 45.4 Å². The summed E-state index contributed by atoms with van der Waals surface area (Å²) in [7, 11) is 7.01. The molecule has 0 aromatic heterocycles. The third-order valence-corrected chi connectivity index (χ3v) is 4.35. The van der Waals surface area contributed by atoms with Crippen LogP contribution in [-0.4, -0.2) is 31.7 Å². The minimum atomic E-state index is 0.728. The van der Waals surface area contributed by atoms with Crippen LogP contribution >= 0.6 is 0 Å². The van der Waals surface area contributed by atoms with Gasteiger partial charge in [-0.25, -0.2) is 0 Å². The Balaban J connectivity index is 2.06. The van der Waals surface area contributed by atoms with E-state index >= 15 is 0 Å². The predicted octanol–water partition coefficient (Wildman–Crippen LogP) is 3.26. The Morgan fingerprint density at radius 3 is 2.65 bits per heavy atom. The first-order valence-corrected chi connectivity index (χ1v) is 6.68. The Bertz CT molecular complexity index is 477. The lowest BCUT2D eigenvalue weighted by molar-refractivity contribution is -0.891. The molecule has 0 amide bonds. The summed E-state index contributed by atoms with van der Waals surface area (Å²) >= 11 is 0. The highest BCUT2D eigenvalue weighted by Crippen LogP contribution is 2.43. The number of hydrogen-bond donors (Lipinski definition) is 0. The molecule has 0 N–H and O–H groups in total. The van der Waals surface area contributed by atoms with Gasteiger partial charge in [0.05, 0.1) is 21.1 Å². The SMILES string of the molecule is C[N+](C)(C)C1CCCC2=C1Cc1ccccc12. The molecule has 0 heterocycles. The summed E-state index contributed by atoms with van der Waals surface area (Å²) in [4.78, 5) is 0. The Hall–Kier alpha value is -1.08.